The van der Waals surface area contributed by atoms with E-state index in [9.17, 15) is 4.79 Å². The van der Waals surface area contributed by atoms with Gasteiger partial charge in [-0.05, 0) is 6.07 Å². The van der Waals surface area contributed by atoms with Crippen LogP contribution in [0.5, 0.6) is 0 Å². The lowest BCUT2D eigenvalue weighted by Gasteiger charge is -2.00. The third kappa shape index (κ3) is 3.34. The Morgan fingerprint density at radius 3 is 2.57 bits per heavy atom. The summed E-state index contributed by atoms with van der Waals surface area (Å²) < 4.78 is 0. The van der Waals surface area contributed by atoms with E-state index in [2.05, 4.69) is 4.98 Å². The molecule has 14 heavy (non-hydrogen) atoms. The van der Waals surface area contributed by atoms with E-state index in [1.165, 1.54) is 12.3 Å². The first-order valence-corrected chi connectivity index (χ1v) is 4.97. The number of hydrogen-bond acceptors (Lipinski definition) is 3. The number of carbonyl (C=O) groups excluding carboxylic acids is 1. The molecule has 0 bridgehead atoms. The molecule has 1 heterocycles. The van der Waals surface area contributed by atoms with Crippen molar-refractivity contribution in [2.75, 3.05) is 5.73 Å². The van der Waals surface area contributed by atoms with Crippen molar-refractivity contribution < 1.29 is 4.79 Å². The van der Waals surface area contributed by atoms with Crippen molar-refractivity contribution >= 4 is 23.2 Å². The quantitative estimate of drug-likeness (QED) is 0.771. The number of hydrogen-bond donors (Lipinski definition) is 1. The number of rotatable bonds is 2. The number of pyridine rings is 1. The van der Waals surface area contributed by atoms with Crippen LogP contribution in [0.15, 0.2) is 12.3 Å². The van der Waals surface area contributed by atoms with Crippen molar-refractivity contribution in [1.29, 1.82) is 0 Å². The predicted octanol–water partition coefficient (Wildman–Crippen LogP) is 2.94. The molecular weight excluding hydrogens is 200 g/mol. The number of nitrogen functional groups attached to an aromatic ring is 1. The van der Waals surface area contributed by atoms with Crippen LogP contribution in [0.25, 0.3) is 0 Å². The summed E-state index contributed by atoms with van der Waals surface area (Å²) in [6.07, 6.45) is 1.83. The fourth-order valence-electron chi connectivity index (χ4n) is 0.841. The molecule has 1 aromatic heterocycles. The molecule has 4 heteroatoms. The molecule has 1 rings (SSSR count). The normalized spacial score (nSPS) is 8.86. The van der Waals surface area contributed by atoms with Crippen LogP contribution in [0.4, 0.5) is 5.82 Å². The number of carbonyl (C=O) groups is 1. The molecule has 0 saturated carbocycles. The van der Waals surface area contributed by atoms with Crippen molar-refractivity contribution in [3.8, 4) is 0 Å². The molecule has 0 aliphatic heterocycles. The second kappa shape index (κ2) is 6.38. The Kier molecular flexibility index (Phi) is 5.88. The van der Waals surface area contributed by atoms with Crippen LogP contribution in [-0.4, -0.2) is 10.8 Å². The van der Waals surface area contributed by atoms with Gasteiger partial charge in [0.1, 0.15) is 5.82 Å². The minimum Gasteiger partial charge on any atom is -0.384 e. The molecule has 0 unspecified atom stereocenters. The molecular formula is C10H15ClN2O. The number of halogens is 1. The average Bonchev–Trinajstić information content (AvgIpc) is 2.20. The number of nitrogens with two attached hydrogens (primary N) is 1. The first kappa shape index (κ1) is 12.9. The van der Waals surface area contributed by atoms with Crippen LogP contribution in [0, 0.1) is 0 Å². The Bertz CT molecular complexity index is 313. The molecule has 0 fully saturated rings. The number of aromatic nitrogens is 1. The van der Waals surface area contributed by atoms with Crippen molar-refractivity contribution in [1.82, 2.24) is 4.98 Å². The van der Waals surface area contributed by atoms with Crippen molar-refractivity contribution in [3.63, 3.8) is 0 Å². The van der Waals surface area contributed by atoms with Crippen molar-refractivity contribution in [2.24, 2.45) is 0 Å². The first-order chi connectivity index (χ1) is 6.65. The summed E-state index contributed by atoms with van der Waals surface area (Å²) in [4.78, 5) is 15.0. The van der Waals surface area contributed by atoms with E-state index < -0.39 is 0 Å². The summed E-state index contributed by atoms with van der Waals surface area (Å²) in [6, 6.07) is 1.48. The van der Waals surface area contributed by atoms with Crippen LogP contribution in [0.3, 0.4) is 0 Å². The van der Waals surface area contributed by atoms with Gasteiger partial charge in [0.05, 0.1) is 10.6 Å². The van der Waals surface area contributed by atoms with Crippen LogP contribution < -0.4 is 5.73 Å². The number of anilines is 1. The first-order valence-electron chi connectivity index (χ1n) is 4.59. The minimum atomic E-state index is -0.0208. The Morgan fingerprint density at radius 2 is 2.14 bits per heavy atom. The zero-order valence-corrected chi connectivity index (χ0v) is 9.43. The zero-order chi connectivity index (χ0) is 11.1. The summed E-state index contributed by atoms with van der Waals surface area (Å²) in [5, 5.41) is 0.370. The van der Waals surface area contributed by atoms with Gasteiger partial charge in [-0.15, -0.1) is 0 Å². The molecule has 78 valence electrons. The molecule has 0 amide bonds. The number of Topliss-reactive ketones (excluding diaryl/α,β-unsaturated/α-hetero) is 1. The smallest absolute Gasteiger partial charge is 0.165 e. The molecule has 0 aliphatic rings. The van der Waals surface area contributed by atoms with Crippen LogP contribution in [-0.2, 0) is 0 Å². The Labute approximate surface area is 89.3 Å². The van der Waals surface area contributed by atoms with Gasteiger partial charge >= 0.3 is 0 Å². The fourth-order valence-corrected chi connectivity index (χ4v) is 1.11. The van der Waals surface area contributed by atoms with Gasteiger partial charge in [-0.2, -0.15) is 0 Å². The lowest BCUT2D eigenvalue weighted by atomic mass is 10.1. The van der Waals surface area contributed by atoms with Crippen molar-refractivity contribution in [2.45, 2.75) is 27.2 Å². The summed E-state index contributed by atoms with van der Waals surface area (Å²) in [5.74, 6) is 0.306. The summed E-state index contributed by atoms with van der Waals surface area (Å²) >= 11 is 5.76. The SMILES string of the molecule is CC.CCC(=O)c1cnc(N)cc1Cl. The van der Waals surface area contributed by atoms with E-state index in [0.29, 0.717) is 22.8 Å². The lowest BCUT2D eigenvalue weighted by Crippen LogP contribution is -2.00. The molecule has 0 spiro atoms. The highest BCUT2D eigenvalue weighted by molar-refractivity contribution is 6.34. The molecule has 0 radical (unpaired) electrons. The van der Waals surface area contributed by atoms with Gasteiger partial charge in [0.25, 0.3) is 0 Å². The monoisotopic (exact) mass is 214 g/mol. The van der Waals surface area contributed by atoms with E-state index in [4.69, 9.17) is 17.3 Å². The zero-order valence-electron chi connectivity index (χ0n) is 8.67. The number of ketones is 1. The topological polar surface area (TPSA) is 56.0 Å². The lowest BCUT2D eigenvalue weighted by molar-refractivity contribution is 0.0988. The Morgan fingerprint density at radius 1 is 1.57 bits per heavy atom. The highest BCUT2D eigenvalue weighted by atomic mass is 35.5. The summed E-state index contributed by atoms with van der Waals surface area (Å²) in [7, 11) is 0. The van der Waals surface area contributed by atoms with Crippen LogP contribution >= 0.6 is 11.6 Å². The van der Waals surface area contributed by atoms with E-state index >= 15 is 0 Å². The van der Waals surface area contributed by atoms with Gasteiger partial charge in [-0.25, -0.2) is 4.98 Å². The highest BCUT2D eigenvalue weighted by Crippen LogP contribution is 2.18. The Balaban J connectivity index is 0.000000791. The van der Waals surface area contributed by atoms with Gasteiger partial charge in [0, 0.05) is 12.6 Å². The number of nitrogens with zero attached hydrogens (tertiary/aromatic N) is 1. The maximum Gasteiger partial charge on any atom is 0.165 e. The maximum absolute atomic E-state index is 11.2. The second-order valence-electron chi connectivity index (χ2n) is 2.37. The predicted molar refractivity (Wildman–Crippen MR) is 59.6 cm³/mol. The van der Waals surface area contributed by atoms with Gasteiger partial charge in [-0.1, -0.05) is 32.4 Å². The molecule has 1 aromatic rings. The molecule has 2 N–H and O–H groups in total. The summed E-state index contributed by atoms with van der Waals surface area (Å²) in [5.41, 5.74) is 5.80. The Hall–Kier alpha value is -1.09. The minimum absolute atomic E-state index is 0.0208. The standard InChI is InChI=1S/C8H9ClN2O.C2H6/c1-2-7(12)5-4-11-8(10)3-6(5)9;1-2/h3-4H,2H2,1H3,(H2,10,11);1-2H3. The van der Waals surface area contributed by atoms with E-state index in [1.807, 2.05) is 13.8 Å². The van der Waals surface area contributed by atoms with E-state index in [0.717, 1.165) is 0 Å². The van der Waals surface area contributed by atoms with Gasteiger partial charge in [0.15, 0.2) is 5.78 Å². The highest BCUT2D eigenvalue weighted by Gasteiger charge is 2.08. The van der Waals surface area contributed by atoms with Gasteiger partial charge in [0.2, 0.25) is 0 Å². The second-order valence-corrected chi connectivity index (χ2v) is 2.77. The van der Waals surface area contributed by atoms with Crippen LogP contribution in [0.1, 0.15) is 37.6 Å². The van der Waals surface area contributed by atoms with Gasteiger partial charge < -0.3 is 5.73 Å². The third-order valence-electron chi connectivity index (χ3n) is 1.50. The molecule has 0 aromatic carbocycles. The van der Waals surface area contributed by atoms with Crippen LogP contribution in [0.2, 0.25) is 5.02 Å². The van der Waals surface area contributed by atoms with E-state index in [-0.39, 0.29) is 5.78 Å². The van der Waals surface area contributed by atoms with Gasteiger partial charge in [-0.3, -0.25) is 4.79 Å². The third-order valence-corrected chi connectivity index (χ3v) is 1.81. The largest absolute Gasteiger partial charge is 0.384 e. The molecule has 0 aliphatic carbocycles. The molecule has 0 saturated heterocycles. The molecule has 0 atom stereocenters. The van der Waals surface area contributed by atoms with E-state index in [1.54, 1.807) is 6.92 Å². The fraction of sp³-hybridized carbons (Fsp3) is 0.400. The maximum atomic E-state index is 11.2. The van der Waals surface area contributed by atoms with Crippen molar-refractivity contribution in [3.05, 3.63) is 22.8 Å². The summed E-state index contributed by atoms with van der Waals surface area (Å²) in [6.45, 7) is 5.77. The molecule has 3 nitrogen and oxygen atoms in total. The average molecular weight is 215 g/mol.